The number of hydrogen-bond donors (Lipinski definition) is 1. The second-order valence-electron chi connectivity index (χ2n) is 5.03. The summed E-state index contributed by atoms with van der Waals surface area (Å²) in [6, 6.07) is 4.48. The number of nitrogens with zero attached hydrogens (tertiary/aromatic N) is 1. The van der Waals surface area contributed by atoms with Crippen molar-refractivity contribution >= 4 is 0 Å². The van der Waals surface area contributed by atoms with E-state index in [2.05, 4.69) is 44.1 Å². The number of aromatic nitrogens is 1. The minimum atomic E-state index is 0.471. The van der Waals surface area contributed by atoms with Crippen LogP contribution in [0.2, 0.25) is 0 Å². The molecule has 3 heteroatoms. The number of nitrogens with one attached hydrogen (secondary N) is 1. The maximum absolute atomic E-state index is 5.73. The highest BCUT2D eigenvalue weighted by molar-refractivity contribution is 5.25. The van der Waals surface area contributed by atoms with Crippen LogP contribution in [0.1, 0.15) is 39.7 Å². The Balaban J connectivity index is 2.51. The fourth-order valence-electron chi connectivity index (χ4n) is 1.39. The van der Waals surface area contributed by atoms with Gasteiger partial charge in [-0.05, 0) is 18.4 Å². The fraction of sp³-hybridized carbons (Fsp3) is 0.643. The molecule has 1 heterocycles. The van der Waals surface area contributed by atoms with Crippen LogP contribution in [-0.4, -0.2) is 17.6 Å². The largest absolute Gasteiger partial charge is 0.477 e. The lowest BCUT2D eigenvalue weighted by atomic mass is 10.1. The SMILES string of the molecule is CC(C)CCOc1ncccc1CNC(C)C. The molecule has 0 saturated heterocycles. The average Bonchev–Trinajstić information content (AvgIpc) is 2.27. The van der Waals surface area contributed by atoms with E-state index < -0.39 is 0 Å². The Labute approximate surface area is 105 Å². The fourth-order valence-corrected chi connectivity index (χ4v) is 1.39. The maximum Gasteiger partial charge on any atom is 0.217 e. The highest BCUT2D eigenvalue weighted by Crippen LogP contribution is 2.15. The van der Waals surface area contributed by atoms with Crippen molar-refractivity contribution in [2.24, 2.45) is 5.92 Å². The monoisotopic (exact) mass is 236 g/mol. The molecule has 0 atom stereocenters. The summed E-state index contributed by atoms with van der Waals surface area (Å²) in [4.78, 5) is 4.29. The van der Waals surface area contributed by atoms with Gasteiger partial charge in [0, 0.05) is 24.3 Å². The van der Waals surface area contributed by atoms with E-state index in [-0.39, 0.29) is 0 Å². The Kier molecular flexibility index (Phi) is 5.98. The summed E-state index contributed by atoms with van der Waals surface area (Å²) in [7, 11) is 0. The van der Waals surface area contributed by atoms with Crippen LogP contribution in [0.25, 0.3) is 0 Å². The minimum absolute atomic E-state index is 0.471. The Morgan fingerprint density at radius 2 is 2.06 bits per heavy atom. The van der Waals surface area contributed by atoms with Gasteiger partial charge in [-0.3, -0.25) is 0 Å². The number of pyridine rings is 1. The third-order valence-corrected chi connectivity index (χ3v) is 2.48. The second-order valence-corrected chi connectivity index (χ2v) is 5.03. The normalized spacial score (nSPS) is 11.2. The van der Waals surface area contributed by atoms with Gasteiger partial charge in [-0.15, -0.1) is 0 Å². The van der Waals surface area contributed by atoms with E-state index >= 15 is 0 Å². The highest BCUT2D eigenvalue weighted by atomic mass is 16.5. The van der Waals surface area contributed by atoms with E-state index in [1.54, 1.807) is 6.20 Å². The van der Waals surface area contributed by atoms with E-state index in [1.165, 1.54) is 0 Å². The summed E-state index contributed by atoms with van der Waals surface area (Å²) in [5.41, 5.74) is 1.13. The molecule has 1 N–H and O–H groups in total. The molecular weight excluding hydrogens is 212 g/mol. The lowest BCUT2D eigenvalue weighted by Gasteiger charge is -2.13. The van der Waals surface area contributed by atoms with Crippen molar-refractivity contribution in [1.82, 2.24) is 10.3 Å². The van der Waals surface area contributed by atoms with Crippen molar-refractivity contribution in [1.29, 1.82) is 0 Å². The standard InChI is InChI=1S/C14H24N2O/c1-11(2)7-9-17-14-13(6-5-8-15-14)10-16-12(3)4/h5-6,8,11-12,16H,7,9-10H2,1-4H3. The Morgan fingerprint density at radius 1 is 1.29 bits per heavy atom. The van der Waals surface area contributed by atoms with E-state index in [4.69, 9.17) is 4.74 Å². The summed E-state index contributed by atoms with van der Waals surface area (Å²) >= 11 is 0. The van der Waals surface area contributed by atoms with Crippen molar-refractivity contribution in [2.75, 3.05) is 6.61 Å². The quantitative estimate of drug-likeness (QED) is 0.790. The predicted octanol–water partition coefficient (Wildman–Crippen LogP) is 3.00. The van der Waals surface area contributed by atoms with Crippen LogP contribution in [0.4, 0.5) is 0 Å². The van der Waals surface area contributed by atoms with Crippen LogP contribution in [0.5, 0.6) is 5.88 Å². The molecule has 0 fully saturated rings. The molecule has 0 aromatic carbocycles. The first-order chi connectivity index (χ1) is 8.09. The zero-order chi connectivity index (χ0) is 12.7. The van der Waals surface area contributed by atoms with Gasteiger partial charge in [-0.1, -0.05) is 33.8 Å². The number of rotatable bonds is 7. The first kappa shape index (κ1) is 14.0. The molecule has 0 bridgehead atoms. The van der Waals surface area contributed by atoms with Crippen LogP contribution in [0, 0.1) is 5.92 Å². The zero-order valence-corrected chi connectivity index (χ0v) is 11.4. The molecule has 17 heavy (non-hydrogen) atoms. The molecule has 0 aliphatic carbocycles. The van der Waals surface area contributed by atoms with Crippen LogP contribution in [0.15, 0.2) is 18.3 Å². The molecule has 1 aromatic rings. The van der Waals surface area contributed by atoms with Crippen molar-refractivity contribution in [2.45, 2.75) is 46.7 Å². The van der Waals surface area contributed by atoms with Gasteiger partial charge in [0.15, 0.2) is 0 Å². The van der Waals surface area contributed by atoms with Gasteiger partial charge >= 0.3 is 0 Å². The zero-order valence-electron chi connectivity index (χ0n) is 11.4. The Morgan fingerprint density at radius 3 is 2.71 bits per heavy atom. The summed E-state index contributed by atoms with van der Waals surface area (Å²) in [6.45, 7) is 10.2. The molecule has 3 nitrogen and oxygen atoms in total. The van der Waals surface area contributed by atoms with Gasteiger partial charge in [0.25, 0.3) is 0 Å². The first-order valence-corrected chi connectivity index (χ1v) is 6.39. The molecule has 0 aliphatic heterocycles. The summed E-state index contributed by atoms with van der Waals surface area (Å²) in [6.07, 6.45) is 2.84. The molecule has 0 amide bonds. The maximum atomic E-state index is 5.73. The van der Waals surface area contributed by atoms with Crippen molar-refractivity contribution in [3.05, 3.63) is 23.9 Å². The molecule has 1 aromatic heterocycles. The van der Waals surface area contributed by atoms with Crippen molar-refractivity contribution in [3.63, 3.8) is 0 Å². The molecule has 96 valence electrons. The van der Waals surface area contributed by atoms with Gasteiger partial charge < -0.3 is 10.1 Å². The van der Waals surface area contributed by atoms with Gasteiger partial charge in [-0.25, -0.2) is 4.98 Å². The van der Waals surface area contributed by atoms with Gasteiger partial charge in [0.1, 0.15) is 0 Å². The van der Waals surface area contributed by atoms with Gasteiger partial charge in [0.05, 0.1) is 6.61 Å². The van der Waals surface area contributed by atoms with Crippen LogP contribution in [0.3, 0.4) is 0 Å². The van der Waals surface area contributed by atoms with Crippen LogP contribution in [-0.2, 0) is 6.54 Å². The Hall–Kier alpha value is -1.09. The topological polar surface area (TPSA) is 34.1 Å². The second kappa shape index (κ2) is 7.28. The predicted molar refractivity (Wildman–Crippen MR) is 71.2 cm³/mol. The van der Waals surface area contributed by atoms with Gasteiger partial charge in [0.2, 0.25) is 5.88 Å². The molecule has 0 spiro atoms. The van der Waals surface area contributed by atoms with E-state index in [0.29, 0.717) is 12.0 Å². The van der Waals surface area contributed by atoms with Crippen LogP contribution >= 0.6 is 0 Å². The average molecular weight is 236 g/mol. The summed E-state index contributed by atoms with van der Waals surface area (Å²) in [5, 5.41) is 3.38. The van der Waals surface area contributed by atoms with Crippen molar-refractivity contribution < 1.29 is 4.74 Å². The van der Waals surface area contributed by atoms with Crippen LogP contribution < -0.4 is 10.1 Å². The Bertz CT molecular complexity index is 324. The third kappa shape index (κ3) is 5.68. The van der Waals surface area contributed by atoms with Gasteiger partial charge in [-0.2, -0.15) is 0 Å². The van der Waals surface area contributed by atoms with E-state index in [0.717, 1.165) is 31.0 Å². The third-order valence-electron chi connectivity index (χ3n) is 2.48. The molecule has 0 aliphatic rings. The van der Waals surface area contributed by atoms with Crippen molar-refractivity contribution in [3.8, 4) is 5.88 Å². The summed E-state index contributed by atoms with van der Waals surface area (Å²) in [5.74, 6) is 1.43. The molecule has 0 radical (unpaired) electrons. The lowest BCUT2D eigenvalue weighted by molar-refractivity contribution is 0.275. The molecule has 0 unspecified atom stereocenters. The first-order valence-electron chi connectivity index (χ1n) is 6.39. The van der Waals surface area contributed by atoms with E-state index in [9.17, 15) is 0 Å². The summed E-state index contributed by atoms with van der Waals surface area (Å²) < 4.78 is 5.73. The van der Waals surface area contributed by atoms with E-state index in [1.807, 2.05) is 6.07 Å². The smallest absolute Gasteiger partial charge is 0.217 e. The minimum Gasteiger partial charge on any atom is -0.477 e. The molecular formula is C14H24N2O. The molecule has 1 rings (SSSR count). The lowest BCUT2D eigenvalue weighted by Crippen LogP contribution is -2.22. The highest BCUT2D eigenvalue weighted by Gasteiger charge is 2.05. The number of hydrogen-bond acceptors (Lipinski definition) is 3. The number of ether oxygens (including phenoxy) is 1. The molecule has 0 saturated carbocycles.